The lowest BCUT2D eigenvalue weighted by Crippen LogP contribution is -2.40. The quantitative estimate of drug-likeness (QED) is 0.628. The van der Waals surface area contributed by atoms with Crippen LogP contribution in [0.15, 0.2) is 6.20 Å². The van der Waals surface area contributed by atoms with Gasteiger partial charge in [-0.15, -0.1) is 0 Å². The van der Waals surface area contributed by atoms with Gasteiger partial charge in [-0.1, -0.05) is 0 Å². The van der Waals surface area contributed by atoms with E-state index in [9.17, 15) is 4.79 Å². The first-order valence-electron chi connectivity index (χ1n) is 5.18. The largest absolute Gasteiger partial charge is 0.348 e. The van der Waals surface area contributed by atoms with Gasteiger partial charge in [0, 0.05) is 12.1 Å². The maximum absolute atomic E-state index is 11.6. The molecule has 1 aromatic rings. The van der Waals surface area contributed by atoms with Gasteiger partial charge in [0.05, 0.1) is 6.20 Å². The van der Waals surface area contributed by atoms with Gasteiger partial charge in [-0.25, -0.2) is 0 Å². The van der Waals surface area contributed by atoms with E-state index in [-0.39, 0.29) is 11.9 Å². The van der Waals surface area contributed by atoms with Gasteiger partial charge < -0.3 is 11.1 Å². The average Bonchev–Trinajstić information content (AvgIpc) is 2.74. The normalized spacial score (nSPS) is 26.2. The molecule has 6 heteroatoms. The van der Waals surface area contributed by atoms with Gasteiger partial charge in [0.15, 0.2) is 5.69 Å². The maximum Gasteiger partial charge on any atom is 0.273 e. The highest BCUT2D eigenvalue weighted by molar-refractivity contribution is 5.91. The van der Waals surface area contributed by atoms with Crippen LogP contribution in [0.4, 0.5) is 0 Å². The Morgan fingerprint density at radius 1 is 1.47 bits per heavy atom. The molecule has 4 N–H and O–H groups in total. The second-order valence-electron chi connectivity index (χ2n) is 3.94. The number of carbonyl (C=O) groups excluding carboxylic acids is 1. The molecule has 15 heavy (non-hydrogen) atoms. The Hall–Kier alpha value is -1.43. The summed E-state index contributed by atoms with van der Waals surface area (Å²) in [5, 5.41) is 12.7. The monoisotopic (exact) mass is 209 g/mol. The topological polar surface area (TPSA) is 96.7 Å². The van der Waals surface area contributed by atoms with Crippen molar-refractivity contribution in [3.63, 3.8) is 0 Å². The van der Waals surface area contributed by atoms with Gasteiger partial charge >= 0.3 is 0 Å². The third kappa shape index (κ3) is 2.53. The predicted molar refractivity (Wildman–Crippen MR) is 54.1 cm³/mol. The van der Waals surface area contributed by atoms with E-state index in [2.05, 4.69) is 20.7 Å². The van der Waals surface area contributed by atoms with Gasteiger partial charge in [-0.3, -0.25) is 4.79 Å². The molecule has 0 atom stereocenters. The minimum atomic E-state index is -0.163. The van der Waals surface area contributed by atoms with Crippen molar-refractivity contribution in [3.8, 4) is 0 Å². The smallest absolute Gasteiger partial charge is 0.273 e. The van der Waals surface area contributed by atoms with Crippen molar-refractivity contribution in [2.24, 2.45) is 5.73 Å². The highest BCUT2D eigenvalue weighted by Gasteiger charge is 2.21. The molecule has 0 saturated heterocycles. The summed E-state index contributed by atoms with van der Waals surface area (Å²) in [6.45, 7) is 0. The number of carbonyl (C=O) groups is 1. The Balaban J connectivity index is 1.85. The van der Waals surface area contributed by atoms with Crippen LogP contribution in [0, 0.1) is 0 Å². The van der Waals surface area contributed by atoms with Crippen LogP contribution in [0.1, 0.15) is 36.2 Å². The molecule has 1 aliphatic rings. The summed E-state index contributed by atoms with van der Waals surface area (Å²) in [5.41, 5.74) is 6.12. The fourth-order valence-corrected chi connectivity index (χ4v) is 1.83. The zero-order valence-electron chi connectivity index (χ0n) is 8.44. The number of rotatable bonds is 2. The Bertz CT molecular complexity index is 315. The molecule has 1 amide bonds. The van der Waals surface area contributed by atoms with E-state index >= 15 is 0 Å². The molecule has 1 heterocycles. The van der Waals surface area contributed by atoms with Crippen LogP contribution in [-0.2, 0) is 0 Å². The second kappa shape index (κ2) is 4.39. The molecule has 82 valence electrons. The Morgan fingerprint density at radius 3 is 2.80 bits per heavy atom. The molecule has 2 rings (SSSR count). The van der Waals surface area contributed by atoms with Crippen molar-refractivity contribution in [3.05, 3.63) is 11.9 Å². The van der Waals surface area contributed by atoms with E-state index < -0.39 is 0 Å². The molecular formula is C9H15N5O. The van der Waals surface area contributed by atoms with E-state index in [0.717, 1.165) is 25.7 Å². The van der Waals surface area contributed by atoms with E-state index in [4.69, 9.17) is 5.73 Å². The average molecular weight is 209 g/mol. The number of H-pyrrole nitrogens is 1. The summed E-state index contributed by atoms with van der Waals surface area (Å²) < 4.78 is 0. The Kier molecular flexibility index (Phi) is 2.96. The molecule has 0 aliphatic heterocycles. The van der Waals surface area contributed by atoms with Crippen LogP contribution in [0.3, 0.4) is 0 Å². The van der Waals surface area contributed by atoms with Crippen molar-refractivity contribution in [1.29, 1.82) is 0 Å². The molecule has 1 saturated carbocycles. The van der Waals surface area contributed by atoms with Gasteiger partial charge in [0.25, 0.3) is 5.91 Å². The first kappa shape index (κ1) is 10.1. The van der Waals surface area contributed by atoms with Crippen LogP contribution < -0.4 is 11.1 Å². The fraction of sp³-hybridized carbons (Fsp3) is 0.667. The van der Waals surface area contributed by atoms with Crippen LogP contribution in [0.5, 0.6) is 0 Å². The van der Waals surface area contributed by atoms with Crippen LogP contribution in [0.25, 0.3) is 0 Å². The lowest BCUT2D eigenvalue weighted by Gasteiger charge is -2.26. The Labute approximate surface area is 87.6 Å². The number of aromatic nitrogens is 3. The van der Waals surface area contributed by atoms with Crippen LogP contribution in [-0.4, -0.2) is 33.4 Å². The molecular weight excluding hydrogens is 194 g/mol. The van der Waals surface area contributed by atoms with Crippen molar-refractivity contribution in [1.82, 2.24) is 20.7 Å². The summed E-state index contributed by atoms with van der Waals surface area (Å²) >= 11 is 0. The van der Waals surface area contributed by atoms with Gasteiger partial charge in [-0.05, 0) is 25.7 Å². The zero-order chi connectivity index (χ0) is 10.7. The van der Waals surface area contributed by atoms with Crippen molar-refractivity contribution >= 4 is 5.91 Å². The lowest BCUT2D eigenvalue weighted by atomic mass is 9.92. The zero-order valence-corrected chi connectivity index (χ0v) is 8.44. The second-order valence-corrected chi connectivity index (χ2v) is 3.94. The van der Waals surface area contributed by atoms with Crippen molar-refractivity contribution < 1.29 is 4.79 Å². The third-order valence-corrected chi connectivity index (χ3v) is 2.75. The first-order valence-corrected chi connectivity index (χ1v) is 5.18. The molecule has 0 radical (unpaired) electrons. The van der Waals surface area contributed by atoms with E-state index in [1.54, 1.807) is 0 Å². The van der Waals surface area contributed by atoms with Crippen molar-refractivity contribution in [2.45, 2.75) is 37.8 Å². The molecule has 0 bridgehead atoms. The maximum atomic E-state index is 11.6. The van der Waals surface area contributed by atoms with E-state index in [1.807, 2.05) is 0 Å². The number of amides is 1. The number of hydrogen-bond acceptors (Lipinski definition) is 4. The molecule has 0 aromatic carbocycles. The first-order chi connectivity index (χ1) is 7.25. The molecule has 1 aliphatic carbocycles. The number of nitrogens with zero attached hydrogens (tertiary/aromatic N) is 2. The SMILES string of the molecule is NC1CCC(NC(=O)c2cn[nH]n2)CC1. The summed E-state index contributed by atoms with van der Waals surface area (Å²) in [5.74, 6) is -0.163. The highest BCUT2D eigenvalue weighted by Crippen LogP contribution is 2.17. The van der Waals surface area contributed by atoms with E-state index in [0.29, 0.717) is 11.7 Å². The van der Waals surface area contributed by atoms with Crippen LogP contribution >= 0.6 is 0 Å². The summed E-state index contributed by atoms with van der Waals surface area (Å²) in [7, 11) is 0. The fourth-order valence-electron chi connectivity index (χ4n) is 1.83. The number of hydrogen-bond donors (Lipinski definition) is 3. The minimum absolute atomic E-state index is 0.163. The third-order valence-electron chi connectivity index (χ3n) is 2.75. The van der Waals surface area contributed by atoms with Crippen LogP contribution in [0.2, 0.25) is 0 Å². The molecule has 0 spiro atoms. The minimum Gasteiger partial charge on any atom is -0.348 e. The van der Waals surface area contributed by atoms with Gasteiger partial charge in [-0.2, -0.15) is 15.4 Å². The number of aromatic amines is 1. The summed E-state index contributed by atoms with van der Waals surface area (Å²) in [4.78, 5) is 11.6. The van der Waals surface area contributed by atoms with E-state index in [1.165, 1.54) is 6.20 Å². The van der Waals surface area contributed by atoms with Gasteiger partial charge in [0.1, 0.15) is 0 Å². The summed E-state index contributed by atoms with van der Waals surface area (Å²) in [6.07, 6.45) is 5.27. The molecule has 1 fully saturated rings. The number of nitrogens with two attached hydrogens (primary N) is 1. The number of nitrogens with one attached hydrogen (secondary N) is 2. The lowest BCUT2D eigenvalue weighted by molar-refractivity contribution is 0.0920. The molecule has 6 nitrogen and oxygen atoms in total. The molecule has 1 aromatic heterocycles. The standard InChI is InChI=1S/C9H15N5O/c10-6-1-3-7(4-2-6)12-9(15)8-5-11-14-13-8/h5-7H,1-4,10H2,(H,12,15)(H,11,13,14). The summed E-state index contributed by atoms with van der Waals surface area (Å²) in [6, 6.07) is 0.527. The Morgan fingerprint density at radius 2 is 2.20 bits per heavy atom. The molecule has 0 unspecified atom stereocenters. The van der Waals surface area contributed by atoms with Crippen molar-refractivity contribution in [2.75, 3.05) is 0 Å². The highest BCUT2D eigenvalue weighted by atomic mass is 16.2. The predicted octanol–water partition coefficient (Wildman–Crippen LogP) is -0.196. The van der Waals surface area contributed by atoms with Gasteiger partial charge in [0.2, 0.25) is 0 Å².